The van der Waals surface area contributed by atoms with Crippen molar-refractivity contribution in [2.45, 2.75) is 45.6 Å². The summed E-state index contributed by atoms with van der Waals surface area (Å²) in [7, 11) is 0. The van der Waals surface area contributed by atoms with Gasteiger partial charge < -0.3 is 9.88 Å². The van der Waals surface area contributed by atoms with E-state index in [-0.39, 0.29) is 17.4 Å². The second-order valence-corrected chi connectivity index (χ2v) is 7.99. The van der Waals surface area contributed by atoms with Crippen LogP contribution in [-0.4, -0.2) is 27.3 Å². The summed E-state index contributed by atoms with van der Waals surface area (Å²) >= 11 is 0. The van der Waals surface area contributed by atoms with Gasteiger partial charge in [0.1, 0.15) is 5.82 Å². The molecule has 5 nitrogen and oxygen atoms in total. The van der Waals surface area contributed by atoms with Crippen LogP contribution in [0.5, 0.6) is 0 Å². The van der Waals surface area contributed by atoms with Crippen LogP contribution in [0.2, 0.25) is 0 Å². The standard InChI is InChI=1S/C25H27N3O2/c1-3-20(19-10-5-4-6-11-19)25(30)28-13-12-22-21(16-28)24(29)27-23(26-22)15-18-9-7-8-17(2)14-18/h4-11,14,20H,3,12-13,15-16H2,1-2H3,(H,26,27,29). The van der Waals surface area contributed by atoms with Gasteiger partial charge in [-0.3, -0.25) is 9.59 Å². The average Bonchev–Trinajstić information content (AvgIpc) is 2.75. The molecular weight excluding hydrogens is 374 g/mol. The van der Waals surface area contributed by atoms with Crippen molar-refractivity contribution in [2.75, 3.05) is 6.54 Å². The highest BCUT2D eigenvalue weighted by atomic mass is 16.2. The minimum Gasteiger partial charge on any atom is -0.337 e. The number of aromatic nitrogens is 2. The molecule has 0 fully saturated rings. The van der Waals surface area contributed by atoms with Crippen LogP contribution in [0.1, 0.15) is 53.0 Å². The lowest BCUT2D eigenvalue weighted by molar-refractivity contribution is -0.133. The Kier molecular flexibility index (Phi) is 5.79. The van der Waals surface area contributed by atoms with Crippen molar-refractivity contribution >= 4 is 5.91 Å². The third-order valence-electron chi connectivity index (χ3n) is 5.79. The summed E-state index contributed by atoms with van der Waals surface area (Å²) < 4.78 is 0. The molecule has 5 heteroatoms. The van der Waals surface area contributed by atoms with Gasteiger partial charge in [-0.05, 0) is 24.5 Å². The van der Waals surface area contributed by atoms with Crippen LogP contribution in [0.15, 0.2) is 59.4 Å². The van der Waals surface area contributed by atoms with E-state index in [2.05, 4.69) is 24.0 Å². The molecule has 0 bridgehead atoms. The van der Waals surface area contributed by atoms with Crippen molar-refractivity contribution in [3.8, 4) is 0 Å². The summed E-state index contributed by atoms with van der Waals surface area (Å²) in [6.07, 6.45) is 1.94. The number of fused-ring (bicyclic) bond motifs is 1. The molecule has 0 spiro atoms. The zero-order valence-electron chi connectivity index (χ0n) is 17.5. The molecule has 1 N–H and O–H groups in total. The van der Waals surface area contributed by atoms with E-state index >= 15 is 0 Å². The minimum absolute atomic E-state index is 0.0811. The van der Waals surface area contributed by atoms with Gasteiger partial charge in [-0.15, -0.1) is 0 Å². The molecule has 30 heavy (non-hydrogen) atoms. The molecule has 0 saturated heterocycles. The van der Waals surface area contributed by atoms with Crippen LogP contribution in [0.25, 0.3) is 0 Å². The maximum absolute atomic E-state index is 13.2. The van der Waals surface area contributed by atoms with Crippen LogP contribution in [0, 0.1) is 6.92 Å². The number of H-pyrrole nitrogens is 1. The van der Waals surface area contributed by atoms with Gasteiger partial charge in [-0.2, -0.15) is 0 Å². The monoisotopic (exact) mass is 401 g/mol. The Morgan fingerprint density at radius 1 is 1.17 bits per heavy atom. The molecule has 1 unspecified atom stereocenters. The van der Waals surface area contributed by atoms with E-state index in [4.69, 9.17) is 4.98 Å². The quantitative estimate of drug-likeness (QED) is 0.708. The molecule has 3 aromatic rings. The van der Waals surface area contributed by atoms with Crippen molar-refractivity contribution in [2.24, 2.45) is 0 Å². The molecular formula is C25H27N3O2. The summed E-state index contributed by atoms with van der Waals surface area (Å²) in [5.41, 5.74) is 4.64. The molecule has 2 aromatic carbocycles. The van der Waals surface area contributed by atoms with Crippen LogP contribution < -0.4 is 5.56 Å². The average molecular weight is 402 g/mol. The van der Waals surface area contributed by atoms with Gasteiger partial charge in [0.15, 0.2) is 0 Å². The number of nitrogens with zero attached hydrogens (tertiary/aromatic N) is 2. The van der Waals surface area contributed by atoms with Gasteiger partial charge in [0.05, 0.1) is 23.7 Å². The number of aromatic amines is 1. The summed E-state index contributed by atoms with van der Waals surface area (Å²) in [6, 6.07) is 18.1. The van der Waals surface area contributed by atoms with Crippen molar-refractivity contribution < 1.29 is 4.79 Å². The molecule has 0 radical (unpaired) electrons. The Morgan fingerprint density at radius 2 is 1.97 bits per heavy atom. The normalized spacial score (nSPS) is 14.3. The molecule has 1 atom stereocenters. The highest BCUT2D eigenvalue weighted by Gasteiger charge is 2.29. The lowest BCUT2D eigenvalue weighted by Gasteiger charge is -2.31. The summed E-state index contributed by atoms with van der Waals surface area (Å²) in [6.45, 7) is 5.00. The number of hydrogen-bond donors (Lipinski definition) is 1. The first kappa shape index (κ1) is 20.1. The maximum atomic E-state index is 13.2. The Morgan fingerprint density at radius 3 is 2.70 bits per heavy atom. The van der Waals surface area contributed by atoms with Gasteiger partial charge >= 0.3 is 0 Å². The number of benzene rings is 2. The van der Waals surface area contributed by atoms with Gasteiger partial charge in [-0.25, -0.2) is 4.98 Å². The molecule has 0 aliphatic carbocycles. The highest BCUT2D eigenvalue weighted by molar-refractivity contribution is 5.84. The molecule has 154 valence electrons. The number of rotatable bonds is 5. The predicted molar refractivity (Wildman–Crippen MR) is 117 cm³/mol. The maximum Gasteiger partial charge on any atom is 0.256 e. The number of amides is 1. The van der Waals surface area contributed by atoms with Crippen molar-refractivity contribution in [3.05, 3.63) is 98.7 Å². The first-order valence-electron chi connectivity index (χ1n) is 10.6. The minimum atomic E-state index is -0.180. The van der Waals surface area contributed by atoms with Crippen molar-refractivity contribution in [1.82, 2.24) is 14.9 Å². The molecule has 1 aliphatic heterocycles. The topological polar surface area (TPSA) is 66.1 Å². The Balaban J connectivity index is 1.54. The largest absolute Gasteiger partial charge is 0.337 e. The van der Waals surface area contributed by atoms with E-state index in [0.717, 1.165) is 23.2 Å². The number of aryl methyl sites for hydroxylation is 1. The molecule has 4 rings (SSSR count). The van der Waals surface area contributed by atoms with Crippen LogP contribution in [0.4, 0.5) is 0 Å². The summed E-state index contributed by atoms with van der Waals surface area (Å²) in [5.74, 6) is 0.581. The van der Waals surface area contributed by atoms with Crippen molar-refractivity contribution in [1.29, 1.82) is 0 Å². The van der Waals surface area contributed by atoms with E-state index < -0.39 is 0 Å². The first-order chi connectivity index (χ1) is 14.5. The predicted octanol–water partition coefficient (Wildman–Crippen LogP) is 3.75. The first-order valence-corrected chi connectivity index (χ1v) is 10.6. The van der Waals surface area contributed by atoms with Crippen LogP contribution in [0.3, 0.4) is 0 Å². The zero-order chi connectivity index (χ0) is 21.1. The number of nitrogens with one attached hydrogen (secondary N) is 1. The van der Waals surface area contributed by atoms with E-state index in [0.29, 0.717) is 37.3 Å². The number of carbonyl (C=O) groups is 1. The van der Waals surface area contributed by atoms with Gasteiger partial charge in [-0.1, -0.05) is 67.1 Å². The number of carbonyl (C=O) groups excluding carboxylic acids is 1. The van der Waals surface area contributed by atoms with E-state index in [9.17, 15) is 9.59 Å². The van der Waals surface area contributed by atoms with E-state index in [1.54, 1.807) is 4.90 Å². The van der Waals surface area contributed by atoms with Gasteiger partial charge in [0.25, 0.3) is 5.56 Å². The lowest BCUT2D eigenvalue weighted by atomic mass is 9.94. The Labute approximate surface area is 176 Å². The SMILES string of the molecule is CCC(C(=O)N1CCc2nc(Cc3cccc(C)c3)[nH]c(=O)c2C1)c1ccccc1. The summed E-state index contributed by atoms with van der Waals surface area (Å²) in [5, 5.41) is 0. The van der Waals surface area contributed by atoms with Crippen molar-refractivity contribution in [3.63, 3.8) is 0 Å². The molecule has 1 aliphatic rings. The smallest absolute Gasteiger partial charge is 0.256 e. The number of hydrogen-bond acceptors (Lipinski definition) is 3. The lowest BCUT2D eigenvalue weighted by Crippen LogP contribution is -2.42. The van der Waals surface area contributed by atoms with E-state index in [1.165, 1.54) is 5.56 Å². The molecule has 0 saturated carbocycles. The van der Waals surface area contributed by atoms with Crippen LogP contribution >= 0.6 is 0 Å². The molecule has 1 amide bonds. The second kappa shape index (κ2) is 8.66. The Hall–Kier alpha value is -3.21. The third kappa shape index (κ3) is 4.20. The second-order valence-electron chi connectivity index (χ2n) is 7.99. The third-order valence-corrected chi connectivity index (χ3v) is 5.79. The molecule has 2 heterocycles. The Bertz CT molecular complexity index is 1100. The van der Waals surface area contributed by atoms with Gasteiger partial charge in [0.2, 0.25) is 5.91 Å². The fourth-order valence-electron chi connectivity index (χ4n) is 4.22. The van der Waals surface area contributed by atoms with Crippen LogP contribution in [-0.2, 0) is 24.2 Å². The fraction of sp³-hybridized carbons (Fsp3) is 0.320. The summed E-state index contributed by atoms with van der Waals surface area (Å²) in [4.78, 5) is 35.4. The fourth-order valence-corrected chi connectivity index (χ4v) is 4.22. The zero-order valence-corrected chi connectivity index (χ0v) is 17.5. The van der Waals surface area contributed by atoms with Gasteiger partial charge in [0, 0.05) is 19.4 Å². The van der Waals surface area contributed by atoms with E-state index in [1.807, 2.05) is 49.4 Å². The molecule has 1 aromatic heterocycles. The highest BCUT2D eigenvalue weighted by Crippen LogP contribution is 2.25.